The van der Waals surface area contributed by atoms with Crippen molar-refractivity contribution in [2.45, 2.75) is 39.2 Å². The van der Waals surface area contributed by atoms with Crippen molar-refractivity contribution in [1.29, 1.82) is 0 Å². The molecule has 1 aromatic rings. The summed E-state index contributed by atoms with van der Waals surface area (Å²) in [5.74, 6) is 1.64. The quantitative estimate of drug-likeness (QED) is 0.499. The fraction of sp³-hybridized carbons (Fsp3) is 0.529. The SMILES string of the molecule is C=CCOc1c(C[NH2+]CCCCCC)cccc1OC. The summed E-state index contributed by atoms with van der Waals surface area (Å²) < 4.78 is 11.1. The molecule has 0 saturated heterocycles. The molecule has 0 aromatic heterocycles. The molecule has 0 amide bonds. The Balaban J connectivity index is 2.52. The molecule has 0 unspecified atom stereocenters. The number of ether oxygens (including phenoxy) is 2. The fourth-order valence-corrected chi connectivity index (χ4v) is 2.16. The average Bonchev–Trinajstić information content (AvgIpc) is 2.49. The summed E-state index contributed by atoms with van der Waals surface area (Å²) in [6.45, 7) is 8.53. The lowest BCUT2D eigenvalue weighted by atomic mass is 10.1. The Morgan fingerprint density at radius 1 is 1.25 bits per heavy atom. The number of hydrogen-bond donors (Lipinski definition) is 1. The van der Waals surface area contributed by atoms with Crippen LogP contribution in [0.25, 0.3) is 0 Å². The van der Waals surface area contributed by atoms with Crippen molar-refractivity contribution in [3.63, 3.8) is 0 Å². The zero-order valence-corrected chi connectivity index (χ0v) is 12.9. The van der Waals surface area contributed by atoms with Crippen LogP contribution in [0.1, 0.15) is 38.2 Å². The molecule has 0 bridgehead atoms. The van der Waals surface area contributed by atoms with Gasteiger partial charge < -0.3 is 14.8 Å². The van der Waals surface area contributed by atoms with Crippen LogP contribution >= 0.6 is 0 Å². The Hall–Kier alpha value is -1.48. The fourth-order valence-electron chi connectivity index (χ4n) is 2.16. The standard InChI is InChI=1S/C17H27NO2/c1-4-6-7-8-12-18-14-15-10-9-11-16(19-3)17(15)20-13-5-2/h5,9-11,18H,2,4,6-8,12-14H2,1,3H3/p+1. The molecule has 20 heavy (non-hydrogen) atoms. The van der Waals surface area contributed by atoms with E-state index in [1.165, 1.54) is 31.2 Å². The van der Waals surface area contributed by atoms with Gasteiger partial charge in [-0.05, 0) is 25.0 Å². The summed E-state index contributed by atoms with van der Waals surface area (Å²) in [5.41, 5.74) is 1.18. The second-order valence-corrected chi connectivity index (χ2v) is 4.89. The Morgan fingerprint density at radius 3 is 2.80 bits per heavy atom. The number of nitrogens with two attached hydrogens (primary N) is 1. The van der Waals surface area contributed by atoms with Gasteiger partial charge in [0.25, 0.3) is 0 Å². The largest absolute Gasteiger partial charge is 0.493 e. The summed E-state index contributed by atoms with van der Waals surface area (Å²) in [4.78, 5) is 0. The van der Waals surface area contributed by atoms with Crippen molar-refractivity contribution in [2.24, 2.45) is 0 Å². The van der Waals surface area contributed by atoms with Crippen LogP contribution in [0.15, 0.2) is 30.9 Å². The van der Waals surface area contributed by atoms with Crippen LogP contribution in [0.2, 0.25) is 0 Å². The molecule has 1 aromatic carbocycles. The predicted octanol–water partition coefficient (Wildman–Crippen LogP) is 2.90. The van der Waals surface area contributed by atoms with Gasteiger partial charge in [0.15, 0.2) is 11.5 Å². The monoisotopic (exact) mass is 278 g/mol. The first-order valence-corrected chi connectivity index (χ1v) is 7.54. The van der Waals surface area contributed by atoms with E-state index in [4.69, 9.17) is 9.47 Å². The van der Waals surface area contributed by atoms with Crippen molar-refractivity contribution in [2.75, 3.05) is 20.3 Å². The summed E-state index contributed by atoms with van der Waals surface area (Å²) in [6.07, 6.45) is 6.98. The summed E-state index contributed by atoms with van der Waals surface area (Å²) >= 11 is 0. The predicted molar refractivity (Wildman–Crippen MR) is 83.3 cm³/mol. The highest BCUT2D eigenvalue weighted by molar-refractivity contribution is 5.46. The minimum atomic E-state index is 0.504. The van der Waals surface area contributed by atoms with Crippen molar-refractivity contribution < 1.29 is 14.8 Å². The smallest absolute Gasteiger partial charge is 0.170 e. The second kappa shape index (κ2) is 10.3. The van der Waals surface area contributed by atoms with Crippen LogP contribution < -0.4 is 14.8 Å². The van der Waals surface area contributed by atoms with Crippen LogP contribution in [0, 0.1) is 0 Å². The molecule has 0 saturated carbocycles. The van der Waals surface area contributed by atoms with Crippen molar-refractivity contribution in [3.8, 4) is 11.5 Å². The lowest BCUT2D eigenvalue weighted by molar-refractivity contribution is -0.671. The van der Waals surface area contributed by atoms with Gasteiger partial charge in [-0.15, -0.1) is 0 Å². The molecular weight excluding hydrogens is 250 g/mol. The summed E-state index contributed by atoms with van der Waals surface area (Å²) in [5, 5.41) is 2.34. The molecule has 0 fully saturated rings. The molecule has 112 valence electrons. The number of methoxy groups -OCH3 is 1. The van der Waals surface area contributed by atoms with Gasteiger partial charge in [-0.1, -0.05) is 38.5 Å². The maximum Gasteiger partial charge on any atom is 0.170 e. The molecule has 1 rings (SSSR count). The van der Waals surface area contributed by atoms with Crippen LogP contribution in [0.3, 0.4) is 0 Å². The van der Waals surface area contributed by atoms with Gasteiger partial charge in [0.1, 0.15) is 13.2 Å². The average molecular weight is 278 g/mol. The van der Waals surface area contributed by atoms with E-state index in [2.05, 4.69) is 24.9 Å². The zero-order valence-electron chi connectivity index (χ0n) is 12.9. The first kappa shape index (κ1) is 16.6. The molecular formula is C17H28NO2+. The minimum Gasteiger partial charge on any atom is -0.493 e. The summed E-state index contributed by atoms with van der Waals surface area (Å²) in [6, 6.07) is 6.05. The number of unbranched alkanes of at least 4 members (excludes halogenated alkanes) is 3. The Kier molecular flexibility index (Phi) is 8.56. The molecule has 0 aliphatic heterocycles. The van der Waals surface area contributed by atoms with Crippen molar-refractivity contribution >= 4 is 0 Å². The number of para-hydroxylation sites is 1. The van der Waals surface area contributed by atoms with Gasteiger partial charge in [0, 0.05) is 0 Å². The van der Waals surface area contributed by atoms with Gasteiger partial charge in [-0.25, -0.2) is 0 Å². The van der Waals surface area contributed by atoms with Crippen molar-refractivity contribution in [1.82, 2.24) is 0 Å². The topological polar surface area (TPSA) is 35.1 Å². The number of quaternary nitrogens is 1. The van der Waals surface area contributed by atoms with E-state index in [-0.39, 0.29) is 0 Å². The summed E-state index contributed by atoms with van der Waals surface area (Å²) in [7, 11) is 1.67. The highest BCUT2D eigenvalue weighted by Crippen LogP contribution is 2.30. The number of benzene rings is 1. The van der Waals surface area contributed by atoms with E-state index in [0.29, 0.717) is 6.61 Å². The molecule has 0 aliphatic carbocycles. The van der Waals surface area contributed by atoms with Gasteiger partial charge in [-0.2, -0.15) is 0 Å². The Labute approximate surface area is 123 Å². The third-order valence-corrected chi connectivity index (χ3v) is 3.25. The van der Waals surface area contributed by atoms with Gasteiger partial charge in [-0.3, -0.25) is 0 Å². The van der Waals surface area contributed by atoms with Crippen molar-refractivity contribution in [3.05, 3.63) is 36.4 Å². The highest BCUT2D eigenvalue weighted by Gasteiger charge is 2.11. The zero-order chi connectivity index (χ0) is 14.6. The molecule has 0 heterocycles. The molecule has 0 atom stereocenters. The van der Waals surface area contributed by atoms with E-state index >= 15 is 0 Å². The Morgan fingerprint density at radius 2 is 2.10 bits per heavy atom. The highest BCUT2D eigenvalue weighted by atomic mass is 16.5. The van der Waals surface area contributed by atoms with Crippen LogP contribution in [0.5, 0.6) is 11.5 Å². The van der Waals surface area contributed by atoms with E-state index in [0.717, 1.165) is 24.6 Å². The number of hydrogen-bond acceptors (Lipinski definition) is 2. The van der Waals surface area contributed by atoms with Crippen LogP contribution in [0.4, 0.5) is 0 Å². The van der Waals surface area contributed by atoms with E-state index in [9.17, 15) is 0 Å². The van der Waals surface area contributed by atoms with Crippen LogP contribution in [-0.2, 0) is 6.54 Å². The van der Waals surface area contributed by atoms with Crippen LogP contribution in [-0.4, -0.2) is 20.3 Å². The molecule has 2 N–H and O–H groups in total. The molecule has 3 nitrogen and oxygen atoms in total. The maximum absolute atomic E-state index is 5.74. The van der Waals surface area contributed by atoms with E-state index < -0.39 is 0 Å². The minimum absolute atomic E-state index is 0.504. The lowest BCUT2D eigenvalue weighted by Gasteiger charge is -2.13. The third-order valence-electron chi connectivity index (χ3n) is 3.25. The first-order chi connectivity index (χ1) is 9.83. The lowest BCUT2D eigenvalue weighted by Crippen LogP contribution is -2.82. The number of rotatable bonds is 11. The molecule has 3 heteroatoms. The second-order valence-electron chi connectivity index (χ2n) is 4.89. The maximum atomic E-state index is 5.74. The normalized spacial score (nSPS) is 10.3. The Bertz CT molecular complexity index is 391. The van der Waals surface area contributed by atoms with Gasteiger partial charge in [0.05, 0.1) is 19.2 Å². The van der Waals surface area contributed by atoms with E-state index in [1.54, 1.807) is 13.2 Å². The van der Waals surface area contributed by atoms with Gasteiger partial charge in [0.2, 0.25) is 0 Å². The van der Waals surface area contributed by atoms with E-state index in [1.807, 2.05) is 12.1 Å². The third kappa shape index (κ3) is 5.66. The molecule has 0 spiro atoms. The molecule has 0 aliphatic rings. The van der Waals surface area contributed by atoms with Gasteiger partial charge >= 0.3 is 0 Å². The molecule has 0 radical (unpaired) electrons. The first-order valence-electron chi connectivity index (χ1n) is 7.54.